The summed E-state index contributed by atoms with van der Waals surface area (Å²) in [4.78, 5) is 0.245. The van der Waals surface area contributed by atoms with Gasteiger partial charge in [0.2, 0.25) is 0 Å². The van der Waals surface area contributed by atoms with Gasteiger partial charge in [-0.1, -0.05) is 23.9 Å². The smallest absolute Gasteiger partial charge is 0.316 e. The molecule has 19 heavy (non-hydrogen) atoms. The number of hydrogen-bond acceptors (Lipinski definition) is 3. The average molecular weight is 303 g/mol. The summed E-state index contributed by atoms with van der Waals surface area (Å²) >= 11 is 2.59. The van der Waals surface area contributed by atoms with Crippen molar-refractivity contribution in [3.63, 3.8) is 0 Å². The van der Waals surface area contributed by atoms with Gasteiger partial charge >= 0.3 is 6.18 Å². The summed E-state index contributed by atoms with van der Waals surface area (Å²) in [5.74, 6) is 0. The minimum atomic E-state index is -4.33. The Balaban J connectivity index is 2.36. The lowest BCUT2D eigenvalue weighted by molar-refractivity contribution is -0.139. The highest BCUT2D eigenvalue weighted by molar-refractivity contribution is 8.01. The highest BCUT2D eigenvalue weighted by Crippen LogP contribution is 2.41. The van der Waals surface area contributed by atoms with E-state index in [1.165, 1.54) is 17.4 Å². The molecule has 1 N–H and O–H groups in total. The molecule has 0 aliphatic carbocycles. The average Bonchev–Trinajstić information content (AvgIpc) is 2.83. The van der Waals surface area contributed by atoms with Crippen LogP contribution in [0.15, 0.2) is 44.8 Å². The maximum atomic E-state index is 13.1. The van der Waals surface area contributed by atoms with Crippen molar-refractivity contribution >= 4 is 23.1 Å². The molecule has 0 bridgehead atoms. The lowest BCUT2D eigenvalue weighted by atomic mass is 10.1. The summed E-state index contributed by atoms with van der Waals surface area (Å²) in [5.41, 5.74) is 0.0593. The quantitative estimate of drug-likeness (QED) is 0.883. The van der Waals surface area contributed by atoms with Crippen molar-refractivity contribution in [1.29, 1.82) is 0 Å². The molecule has 102 valence electrons. The van der Waals surface area contributed by atoms with Crippen LogP contribution >= 0.6 is 23.1 Å². The van der Waals surface area contributed by atoms with E-state index in [1.54, 1.807) is 19.2 Å². The van der Waals surface area contributed by atoms with Crippen LogP contribution < -0.4 is 5.32 Å². The molecule has 2 aromatic rings. The van der Waals surface area contributed by atoms with Gasteiger partial charge in [0.05, 0.1) is 9.77 Å². The second-order valence-corrected chi connectivity index (χ2v) is 6.18. The zero-order chi connectivity index (χ0) is 13.9. The first kappa shape index (κ1) is 14.4. The molecule has 2 rings (SSSR count). The van der Waals surface area contributed by atoms with E-state index in [4.69, 9.17) is 0 Å². The Morgan fingerprint density at radius 3 is 2.63 bits per heavy atom. The molecule has 0 fully saturated rings. The maximum absolute atomic E-state index is 13.1. The first-order valence-corrected chi connectivity index (χ1v) is 7.26. The fourth-order valence-corrected chi connectivity index (χ4v) is 3.49. The minimum Gasteiger partial charge on any atom is -0.316 e. The van der Waals surface area contributed by atoms with Crippen LogP contribution in [0.2, 0.25) is 0 Å². The summed E-state index contributed by atoms with van der Waals surface area (Å²) in [6.07, 6.45) is -4.33. The predicted molar refractivity (Wildman–Crippen MR) is 72.6 cm³/mol. The molecule has 1 aromatic carbocycles. The van der Waals surface area contributed by atoms with Gasteiger partial charge in [0.1, 0.15) is 0 Å². The standard InChI is InChI=1S/C13H12F3NS2/c1-17-8-9-4-5-11(10(7-9)13(14,15)16)19-12-3-2-6-18-12/h2-7,17H,8H2,1H3. The van der Waals surface area contributed by atoms with E-state index in [-0.39, 0.29) is 4.90 Å². The summed E-state index contributed by atoms with van der Waals surface area (Å²) in [5, 5.41) is 4.71. The largest absolute Gasteiger partial charge is 0.417 e. The Labute approximate surface area is 117 Å². The van der Waals surface area contributed by atoms with Gasteiger partial charge in [0, 0.05) is 11.4 Å². The lowest BCUT2D eigenvalue weighted by Gasteiger charge is -2.13. The van der Waals surface area contributed by atoms with Gasteiger partial charge in [-0.05, 0) is 36.2 Å². The topological polar surface area (TPSA) is 12.0 Å². The van der Waals surface area contributed by atoms with E-state index >= 15 is 0 Å². The zero-order valence-corrected chi connectivity index (χ0v) is 11.8. The molecular weight excluding hydrogens is 291 g/mol. The van der Waals surface area contributed by atoms with Crippen LogP contribution in [0.5, 0.6) is 0 Å². The van der Waals surface area contributed by atoms with Crippen LogP contribution in [0.1, 0.15) is 11.1 Å². The van der Waals surface area contributed by atoms with E-state index in [0.29, 0.717) is 12.1 Å². The number of thiophene rings is 1. The Morgan fingerprint density at radius 2 is 2.05 bits per heavy atom. The third-order valence-electron chi connectivity index (χ3n) is 2.44. The molecule has 1 aromatic heterocycles. The van der Waals surface area contributed by atoms with Crippen LogP contribution in [-0.4, -0.2) is 7.05 Å². The Morgan fingerprint density at radius 1 is 1.26 bits per heavy atom. The van der Waals surface area contributed by atoms with Crippen LogP contribution in [0.4, 0.5) is 13.2 Å². The molecule has 0 aliphatic heterocycles. The maximum Gasteiger partial charge on any atom is 0.417 e. The predicted octanol–water partition coefficient (Wildman–Crippen LogP) is 4.64. The number of hydrogen-bond donors (Lipinski definition) is 1. The molecule has 0 atom stereocenters. The van der Waals surface area contributed by atoms with Crippen molar-refractivity contribution in [1.82, 2.24) is 5.32 Å². The van der Waals surface area contributed by atoms with Crippen molar-refractivity contribution in [2.24, 2.45) is 0 Å². The molecule has 0 saturated carbocycles. The van der Waals surface area contributed by atoms with Crippen molar-refractivity contribution in [3.8, 4) is 0 Å². The molecule has 0 unspecified atom stereocenters. The summed E-state index contributed by atoms with van der Waals surface area (Å²) in [6, 6.07) is 8.13. The summed E-state index contributed by atoms with van der Waals surface area (Å²) in [7, 11) is 1.71. The van der Waals surface area contributed by atoms with Gasteiger partial charge in [-0.2, -0.15) is 13.2 Å². The second kappa shape index (κ2) is 5.98. The van der Waals surface area contributed by atoms with E-state index in [2.05, 4.69) is 5.32 Å². The van der Waals surface area contributed by atoms with Gasteiger partial charge in [-0.15, -0.1) is 11.3 Å². The van der Waals surface area contributed by atoms with Gasteiger partial charge < -0.3 is 5.32 Å². The second-order valence-electron chi connectivity index (χ2n) is 3.89. The Hall–Kier alpha value is -0.980. The number of benzene rings is 1. The zero-order valence-electron chi connectivity index (χ0n) is 10.1. The molecule has 0 aliphatic rings. The van der Waals surface area contributed by atoms with Gasteiger partial charge in [0.15, 0.2) is 0 Å². The molecule has 6 heteroatoms. The minimum absolute atomic E-state index is 0.245. The van der Waals surface area contributed by atoms with Crippen LogP contribution in [0.25, 0.3) is 0 Å². The number of alkyl halides is 3. The number of halogens is 3. The highest BCUT2D eigenvalue weighted by Gasteiger charge is 2.33. The van der Waals surface area contributed by atoms with Crippen molar-refractivity contribution in [2.75, 3.05) is 7.05 Å². The molecule has 1 heterocycles. The van der Waals surface area contributed by atoms with Gasteiger partial charge in [-0.3, -0.25) is 0 Å². The SMILES string of the molecule is CNCc1ccc(Sc2cccs2)c(C(F)(F)F)c1. The van der Waals surface area contributed by atoms with Crippen LogP contribution in [-0.2, 0) is 12.7 Å². The van der Waals surface area contributed by atoms with Crippen LogP contribution in [0.3, 0.4) is 0 Å². The Kier molecular flexibility index (Phi) is 4.54. The van der Waals surface area contributed by atoms with Crippen molar-refractivity contribution < 1.29 is 13.2 Å². The monoisotopic (exact) mass is 303 g/mol. The lowest BCUT2D eigenvalue weighted by Crippen LogP contribution is -2.10. The third-order valence-corrected chi connectivity index (χ3v) is 4.55. The molecule has 0 spiro atoms. The van der Waals surface area contributed by atoms with E-state index in [9.17, 15) is 13.2 Å². The molecule has 1 nitrogen and oxygen atoms in total. The highest BCUT2D eigenvalue weighted by atomic mass is 32.2. The fraction of sp³-hybridized carbons (Fsp3) is 0.231. The molecule has 0 radical (unpaired) electrons. The molecule has 0 saturated heterocycles. The van der Waals surface area contributed by atoms with Gasteiger partial charge in [0.25, 0.3) is 0 Å². The van der Waals surface area contributed by atoms with Crippen molar-refractivity contribution in [2.45, 2.75) is 21.8 Å². The molecular formula is C13H12F3NS2. The third kappa shape index (κ3) is 3.75. The fourth-order valence-electron chi connectivity index (χ4n) is 1.63. The summed E-state index contributed by atoms with van der Waals surface area (Å²) < 4.78 is 40.1. The normalized spacial score (nSPS) is 11.8. The van der Waals surface area contributed by atoms with E-state index in [1.807, 2.05) is 17.5 Å². The van der Waals surface area contributed by atoms with Crippen LogP contribution in [0, 0.1) is 0 Å². The van der Waals surface area contributed by atoms with E-state index in [0.717, 1.165) is 16.0 Å². The Bertz CT molecular complexity index is 535. The first-order valence-electron chi connectivity index (χ1n) is 5.57. The summed E-state index contributed by atoms with van der Waals surface area (Å²) in [6.45, 7) is 0.424. The van der Waals surface area contributed by atoms with Gasteiger partial charge in [-0.25, -0.2) is 0 Å². The van der Waals surface area contributed by atoms with E-state index < -0.39 is 11.7 Å². The number of rotatable bonds is 4. The van der Waals surface area contributed by atoms with Crippen molar-refractivity contribution in [3.05, 3.63) is 46.8 Å². The first-order chi connectivity index (χ1) is 9.00. The molecule has 0 amide bonds. The number of nitrogens with one attached hydrogen (secondary N) is 1.